The van der Waals surface area contributed by atoms with Crippen LogP contribution in [0.15, 0.2) is 57.6 Å². The molecule has 1 N–H and O–H groups in total. The van der Waals surface area contributed by atoms with Crippen LogP contribution in [0.3, 0.4) is 0 Å². The molecule has 0 saturated heterocycles. The molecule has 22 heavy (non-hydrogen) atoms. The minimum absolute atomic E-state index is 0.153. The van der Waals surface area contributed by atoms with E-state index in [1.54, 1.807) is 36.5 Å². The summed E-state index contributed by atoms with van der Waals surface area (Å²) in [6, 6.07) is 12.6. The second kappa shape index (κ2) is 6.48. The number of pyridine rings is 1. The van der Waals surface area contributed by atoms with Crippen molar-refractivity contribution in [3.63, 3.8) is 0 Å². The lowest BCUT2D eigenvalue weighted by Gasteiger charge is -2.04. The first-order chi connectivity index (χ1) is 10.7. The minimum Gasteiger partial charge on any atom is -0.417 e. The van der Waals surface area contributed by atoms with Crippen LogP contribution >= 0.6 is 15.9 Å². The smallest absolute Gasteiger partial charge is 0.266 e. The molecule has 2 heterocycles. The Morgan fingerprint density at radius 3 is 2.73 bits per heavy atom. The molecule has 0 atom stereocenters. The number of rotatable bonds is 4. The zero-order chi connectivity index (χ0) is 15.4. The summed E-state index contributed by atoms with van der Waals surface area (Å²) in [5, 5.41) is 10.5. The first kappa shape index (κ1) is 14.4. The van der Waals surface area contributed by atoms with Gasteiger partial charge in [0.1, 0.15) is 5.69 Å². The van der Waals surface area contributed by atoms with E-state index in [2.05, 4.69) is 36.4 Å². The van der Waals surface area contributed by atoms with Crippen molar-refractivity contribution in [1.29, 1.82) is 0 Å². The van der Waals surface area contributed by atoms with Gasteiger partial charge < -0.3 is 9.73 Å². The fourth-order valence-corrected chi connectivity index (χ4v) is 2.28. The lowest BCUT2D eigenvalue weighted by molar-refractivity contribution is 0.0946. The van der Waals surface area contributed by atoms with E-state index in [1.165, 1.54) is 0 Å². The Kier molecular flexibility index (Phi) is 4.24. The first-order valence-electron chi connectivity index (χ1n) is 6.50. The third-order valence-corrected chi connectivity index (χ3v) is 3.56. The second-order valence-corrected chi connectivity index (χ2v) is 5.23. The van der Waals surface area contributed by atoms with Gasteiger partial charge in [0.15, 0.2) is 0 Å². The van der Waals surface area contributed by atoms with Gasteiger partial charge in [-0.2, -0.15) is 0 Å². The maximum absolute atomic E-state index is 12.1. The lowest BCUT2D eigenvalue weighted by Crippen LogP contribution is -2.23. The van der Waals surface area contributed by atoms with Crippen molar-refractivity contribution in [3.05, 3.63) is 64.6 Å². The average molecular weight is 359 g/mol. The SMILES string of the molecule is O=C(NCc1nnc(-c2ccccn2)o1)c1ccccc1Br. The molecule has 1 amide bonds. The van der Waals surface area contributed by atoms with Crippen molar-refractivity contribution in [2.45, 2.75) is 6.54 Å². The minimum atomic E-state index is -0.218. The number of carbonyl (C=O) groups is 1. The second-order valence-electron chi connectivity index (χ2n) is 4.38. The highest BCUT2D eigenvalue weighted by Gasteiger charge is 2.12. The number of hydrogen-bond donors (Lipinski definition) is 1. The molecule has 6 nitrogen and oxygen atoms in total. The van der Waals surface area contributed by atoms with E-state index in [4.69, 9.17) is 4.42 Å². The molecule has 1 aromatic carbocycles. The third kappa shape index (κ3) is 3.20. The Bertz CT molecular complexity index is 789. The Morgan fingerprint density at radius 2 is 1.95 bits per heavy atom. The molecule has 3 aromatic rings. The van der Waals surface area contributed by atoms with Crippen LogP contribution < -0.4 is 5.32 Å². The predicted molar refractivity (Wildman–Crippen MR) is 82.8 cm³/mol. The molecule has 0 spiro atoms. The standard InChI is InChI=1S/C15H11BrN4O2/c16-11-6-2-1-5-10(11)14(21)18-9-13-19-20-15(22-13)12-7-3-4-8-17-12/h1-8H,9H2,(H,18,21). The molecular formula is C15H11BrN4O2. The number of halogens is 1. The highest BCUT2D eigenvalue weighted by atomic mass is 79.9. The summed E-state index contributed by atoms with van der Waals surface area (Å²) in [5.74, 6) is 0.428. The topological polar surface area (TPSA) is 80.9 Å². The van der Waals surface area contributed by atoms with Crippen molar-refractivity contribution in [1.82, 2.24) is 20.5 Å². The molecule has 0 aliphatic carbocycles. The molecule has 2 aromatic heterocycles. The fourth-order valence-electron chi connectivity index (χ4n) is 1.81. The summed E-state index contributed by atoms with van der Waals surface area (Å²) in [7, 11) is 0. The highest BCUT2D eigenvalue weighted by molar-refractivity contribution is 9.10. The molecular weight excluding hydrogens is 348 g/mol. The Morgan fingerprint density at radius 1 is 1.14 bits per heavy atom. The number of nitrogens with one attached hydrogen (secondary N) is 1. The zero-order valence-electron chi connectivity index (χ0n) is 11.4. The molecule has 7 heteroatoms. The Balaban J connectivity index is 1.67. The zero-order valence-corrected chi connectivity index (χ0v) is 12.9. The van der Waals surface area contributed by atoms with Crippen LogP contribution in [0.2, 0.25) is 0 Å². The normalized spacial score (nSPS) is 10.4. The van der Waals surface area contributed by atoms with E-state index >= 15 is 0 Å². The van der Waals surface area contributed by atoms with E-state index in [9.17, 15) is 4.79 Å². The molecule has 0 aliphatic rings. The molecule has 0 fully saturated rings. The van der Waals surface area contributed by atoms with Crippen LogP contribution in [-0.4, -0.2) is 21.1 Å². The van der Waals surface area contributed by atoms with Crippen LogP contribution in [0.5, 0.6) is 0 Å². The number of hydrogen-bond acceptors (Lipinski definition) is 5. The van der Waals surface area contributed by atoms with Gasteiger partial charge in [0, 0.05) is 10.7 Å². The van der Waals surface area contributed by atoms with Crippen molar-refractivity contribution in [2.24, 2.45) is 0 Å². The van der Waals surface area contributed by atoms with Crippen LogP contribution in [-0.2, 0) is 6.54 Å². The summed E-state index contributed by atoms with van der Waals surface area (Å²) in [6.07, 6.45) is 1.65. The Labute approximate surface area is 134 Å². The quantitative estimate of drug-likeness (QED) is 0.775. The average Bonchev–Trinajstić information content (AvgIpc) is 3.03. The molecule has 0 radical (unpaired) electrons. The summed E-state index contributed by atoms with van der Waals surface area (Å²) in [4.78, 5) is 16.2. The van der Waals surface area contributed by atoms with Gasteiger partial charge in [-0.25, -0.2) is 0 Å². The van der Waals surface area contributed by atoms with Crippen molar-refractivity contribution in [2.75, 3.05) is 0 Å². The van der Waals surface area contributed by atoms with E-state index in [1.807, 2.05) is 12.1 Å². The maximum Gasteiger partial charge on any atom is 0.266 e. The summed E-state index contributed by atoms with van der Waals surface area (Å²) in [6.45, 7) is 0.153. The van der Waals surface area contributed by atoms with E-state index < -0.39 is 0 Å². The van der Waals surface area contributed by atoms with Crippen LogP contribution in [0, 0.1) is 0 Å². The first-order valence-corrected chi connectivity index (χ1v) is 7.30. The molecule has 0 unspecified atom stereocenters. The van der Waals surface area contributed by atoms with Gasteiger partial charge >= 0.3 is 0 Å². The largest absolute Gasteiger partial charge is 0.417 e. The number of benzene rings is 1. The van der Waals surface area contributed by atoms with Crippen LogP contribution in [0.4, 0.5) is 0 Å². The summed E-state index contributed by atoms with van der Waals surface area (Å²) >= 11 is 3.34. The molecule has 110 valence electrons. The van der Waals surface area contributed by atoms with Gasteiger partial charge in [0.2, 0.25) is 5.89 Å². The molecule has 0 aliphatic heterocycles. The number of carbonyl (C=O) groups excluding carboxylic acids is 1. The van der Waals surface area contributed by atoms with E-state index in [-0.39, 0.29) is 12.5 Å². The molecule has 0 bridgehead atoms. The van der Waals surface area contributed by atoms with Crippen molar-refractivity contribution >= 4 is 21.8 Å². The fraction of sp³-hybridized carbons (Fsp3) is 0.0667. The lowest BCUT2D eigenvalue weighted by atomic mass is 10.2. The third-order valence-electron chi connectivity index (χ3n) is 2.87. The molecule has 3 rings (SSSR count). The van der Waals surface area contributed by atoms with Gasteiger partial charge in [0.05, 0.1) is 12.1 Å². The number of amides is 1. The van der Waals surface area contributed by atoms with Gasteiger partial charge in [-0.1, -0.05) is 18.2 Å². The van der Waals surface area contributed by atoms with Crippen LogP contribution in [0.1, 0.15) is 16.2 Å². The summed E-state index contributed by atoms with van der Waals surface area (Å²) < 4.78 is 6.20. The Hall–Kier alpha value is -2.54. The predicted octanol–water partition coefficient (Wildman–Crippen LogP) is 2.82. The molecule has 0 saturated carbocycles. The summed E-state index contributed by atoms with van der Waals surface area (Å²) in [5.41, 5.74) is 1.14. The number of aromatic nitrogens is 3. The number of nitrogens with zero attached hydrogens (tertiary/aromatic N) is 3. The maximum atomic E-state index is 12.1. The van der Waals surface area contributed by atoms with Crippen LogP contribution in [0.25, 0.3) is 11.6 Å². The van der Waals surface area contributed by atoms with E-state index in [0.29, 0.717) is 23.0 Å². The monoisotopic (exact) mass is 358 g/mol. The van der Waals surface area contributed by atoms with Gasteiger partial charge in [0.25, 0.3) is 11.8 Å². The van der Waals surface area contributed by atoms with Gasteiger partial charge in [-0.15, -0.1) is 10.2 Å². The highest BCUT2D eigenvalue weighted by Crippen LogP contribution is 2.16. The van der Waals surface area contributed by atoms with Gasteiger partial charge in [-0.05, 0) is 40.2 Å². The van der Waals surface area contributed by atoms with Crippen molar-refractivity contribution < 1.29 is 9.21 Å². The van der Waals surface area contributed by atoms with Gasteiger partial charge in [-0.3, -0.25) is 9.78 Å². The van der Waals surface area contributed by atoms with E-state index in [0.717, 1.165) is 4.47 Å². The van der Waals surface area contributed by atoms with Crippen molar-refractivity contribution in [3.8, 4) is 11.6 Å².